The molecule has 0 amide bonds. The van der Waals surface area contributed by atoms with Crippen molar-refractivity contribution >= 4 is 11.6 Å². The molecule has 0 aliphatic carbocycles. The second-order valence-electron chi connectivity index (χ2n) is 2.93. The fourth-order valence-corrected chi connectivity index (χ4v) is 1.66. The van der Waals surface area contributed by atoms with Crippen LogP contribution in [0.25, 0.3) is 0 Å². The fourth-order valence-electron chi connectivity index (χ4n) is 1.44. The molecule has 1 aliphatic heterocycles. The number of fused-ring (bicyclic) bond motifs is 1. The Balaban J connectivity index is 2.37. The Morgan fingerprint density at radius 2 is 2.55 bits per heavy atom. The molecular formula is C7H10ClN3. The molecule has 1 unspecified atom stereocenters. The first-order valence-corrected chi connectivity index (χ1v) is 4.10. The van der Waals surface area contributed by atoms with Crippen molar-refractivity contribution in [1.82, 2.24) is 9.55 Å². The topological polar surface area (TPSA) is 43.8 Å². The SMILES string of the molecule is NC1CCc2cnc(Cl)n2C1. The summed E-state index contributed by atoms with van der Waals surface area (Å²) >= 11 is 5.82. The zero-order valence-electron chi connectivity index (χ0n) is 6.13. The number of imidazole rings is 1. The summed E-state index contributed by atoms with van der Waals surface area (Å²) in [5, 5.41) is 0.565. The van der Waals surface area contributed by atoms with Crippen molar-refractivity contribution in [3.05, 3.63) is 17.2 Å². The Morgan fingerprint density at radius 1 is 1.73 bits per heavy atom. The number of halogens is 1. The molecule has 0 spiro atoms. The number of aromatic nitrogens is 2. The van der Waals surface area contributed by atoms with Gasteiger partial charge in [0.2, 0.25) is 5.28 Å². The maximum atomic E-state index is 5.82. The van der Waals surface area contributed by atoms with E-state index in [1.54, 1.807) is 0 Å². The molecule has 60 valence electrons. The van der Waals surface area contributed by atoms with Gasteiger partial charge in [0, 0.05) is 24.5 Å². The summed E-state index contributed by atoms with van der Waals surface area (Å²) in [4.78, 5) is 4.01. The zero-order chi connectivity index (χ0) is 7.84. The van der Waals surface area contributed by atoms with Gasteiger partial charge < -0.3 is 10.3 Å². The second kappa shape index (κ2) is 2.50. The zero-order valence-corrected chi connectivity index (χ0v) is 6.88. The van der Waals surface area contributed by atoms with Crippen molar-refractivity contribution < 1.29 is 0 Å². The molecule has 2 rings (SSSR count). The Kier molecular flexibility index (Phi) is 1.62. The average Bonchev–Trinajstić information content (AvgIpc) is 2.33. The largest absolute Gasteiger partial charge is 0.326 e. The predicted octanol–water partition coefficient (Wildman–Crippen LogP) is 0.810. The smallest absolute Gasteiger partial charge is 0.202 e. The van der Waals surface area contributed by atoms with Crippen molar-refractivity contribution in [3.63, 3.8) is 0 Å². The van der Waals surface area contributed by atoms with Gasteiger partial charge in [-0.25, -0.2) is 4.98 Å². The molecule has 0 fully saturated rings. The third-order valence-corrected chi connectivity index (χ3v) is 2.38. The maximum absolute atomic E-state index is 5.82. The van der Waals surface area contributed by atoms with Crippen LogP contribution in [-0.2, 0) is 13.0 Å². The molecule has 0 saturated carbocycles. The van der Waals surface area contributed by atoms with E-state index in [0.717, 1.165) is 19.4 Å². The molecule has 0 saturated heterocycles. The standard InChI is InChI=1S/C7H10ClN3/c8-7-10-3-6-2-1-5(9)4-11(6)7/h3,5H,1-2,4,9H2. The first-order chi connectivity index (χ1) is 5.27. The molecule has 1 aromatic heterocycles. The van der Waals surface area contributed by atoms with E-state index in [0.29, 0.717) is 5.28 Å². The van der Waals surface area contributed by atoms with Crippen molar-refractivity contribution in [2.24, 2.45) is 5.73 Å². The Bertz CT molecular complexity index is 269. The van der Waals surface area contributed by atoms with E-state index >= 15 is 0 Å². The molecular weight excluding hydrogens is 162 g/mol. The van der Waals surface area contributed by atoms with Crippen LogP contribution in [0.1, 0.15) is 12.1 Å². The molecule has 0 aromatic carbocycles. The second-order valence-corrected chi connectivity index (χ2v) is 3.27. The number of hydrogen-bond donors (Lipinski definition) is 1. The summed E-state index contributed by atoms with van der Waals surface area (Å²) in [5.41, 5.74) is 6.98. The lowest BCUT2D eigenvalue weighted by Gasteiger charge is -2.20. The van der Waals surface area contributed by atoms with Gasteiger partial charge in [-0.15, -0.1) is 0 Å². The first-order valence-electron chi connectivity index (χ1n) is 3.73. The van der Waals surface area contributed by atoms with Crippen LogP contribution in [0.2, 0.25) is 5.28 Å². The summed E-state index contributed by atoms with van der Waals surface area (Å²) in [6.45, 7) is 0.814. The van der Waals surface area contributed by atoms with Crippen molar-refractivity contribution in [2.75, 3.05) is 0 Å². The normalized spacial score (nSPS) is 23.3. The van der Waals surface area contributed by atoms with Gasteiger partial charge in [-0.2, -0.15) is 0 Å². The highest BCUT2D eigenvalue weighted by atomic mass is 35.5. The van der Waals surface area contributed by atoms with Crippen LogP contribution < -0.4 is 5.73 Å². The molecule has 11 heavy (non-hydrogen) atoms. The molecule has 1 atom stereocenters. The third kappa shape index (κ3) is 1.14. The van der Waals surface area contributed by atoms with Gasteiger partial charge in [-0.3, -0.25) is 0 Å². The fraction of sp³-hybridized carbons (Fsp3) is 0.571. The van der Waals surface area contributed by atoms with Gasteiger partial charge in [0.05, 0.1) is 0 Å². The lowest BCUT2D eigenvalue weighted by molar-refractivity contribution is 0.461. The van der Waals surface area contributed by atoms with E-state index in [9.17, 15) is 0 Å². The first kappa shape index (κ1) is 7.13. The van der Waals surface area contributed by atoms with Crippen LogP contribution in [0.15, 0.2) is 6.20 Å². The summed E-state index contributed by atoms with van der Waals surface area (Å²) in [6, 6.07) is 0.245. The molecule has 0 radical (unpaired) electrons. The maximum Gasteiger partial charge on any atom is 0.202 e. The van der Waals surface area contributed by atoms with Crippen molar-refractivity contribution in [3.8, 4) is 0 Å². The highest BCUT2D eigenvalue weighted by Gasteiger charge is 2.17. The third-order valence-electron chi connectivity index (χ3n) is 2.08. The number of nitrogens with zero attached hydrogens (tertiary/aromatic N) is 2. The lowest BCUT2D eigenvalue weighted by Crippen LogP contribution is -2.31. The van der Waals surface area contributed by atoms with Gasteiger partial charge >= 0.3 is 0 Å². The molecule has 4 heteroatoms. The van der Waals surface area contributed by atoms with Gasteiger partial charge in [0.25, 0.3) is 0 Å². The minimum absolute atomic E-state index is 0.245. The van der Waals surface area contributed by atoms with E-state index in [-0.39, 0.29) is 6.04 Å². The number of nitrogens with two attached hydrogens (primary N) is 1. The molecule has 1 aromatic rings. The van der Waals surface area contributed by atoms with Crippen LogP contribution in [-0.4, -0.2) is 15.6 Å². The number of rotatable bonds is 0. The van der Waals surface area contributed by atoms with Gasteiger partial charge in [0.1, 0.15) is 0 Å². The molecule has 1 aliphatic rings. The Hall–Kier alpha value is -0.540. The summed E-state index contributed by atoms with van der Waals surface area (Å²) in [5.74, 6) is 0. The molecule has 2 N–H and O–H groups in total. The predicted molar refractivity (Wildman–Crippen MR) is 43.5 cm³/mol. The highest BCUT2D eigenvalue weighted by molar-refractivity contribution is 6.28. The Morgan fingerprint density at radius 3 is 3.36 bits per heavy atom. The lowest BCUT2D eigenvalue weighted by atomic mass is 10.1. The van der Waals surface area contributed by atoms with Crippen molar-refractivity contribution in [2.45, 2.75) is 25.4 Å². The van der Waals surface area contributed by atoms with Crippen LogP contribution in [0, 0.1) is 0 Å². The van der Waals surface area contributed by atoms with Gasteiger partial charge in [0.15, 0.2) is 0 Å². The average molecular weight is 172 g/mol. The van der Waals surface area contributed by atoms with E-state index in [1.807, 2.05) is 10.8 Å². The van der Waals surface area contributed by atoms with E-state index in [1.165, 1.54) is 5.69 Å². The minimum Gasteiger partial charge on any atom is -0.326 e. The summed E-state index contributed by atoms with van der Waals surface area (Å²) < 4.78 is 1.98. The molecule has 3 nitrogen and oxygen atoms in total. The number of aryl methyl sites for hydroxylation is 1. The minimum atomic E-state index is 0.245. The monoisotopic (exact) mass is 171 g/mol. The highest BCUT2D eigenvalue weighted by Crippen LogP contribution is 2.18. The van der Waals surface area contributed by atoms with Crippen LogP contribution in [0.4, 0.5) is 0 Å². The van der Waals surface area contributed by atoms with Crippen molar-refractivity contribution in [1.29, 1.82) is 0 Å². The van der Waals surface area contributed by atoms with E-state index in [2.05, 4.69) is 4.98 Å². The molecule has 2 heterocycles. The van der Waals surface area contributed by atoms with E-state index < -0.39 is 0 Å². The van der Waals surface area contributed by atoms with Crippen LogP contribution in [0.3, 0.4) is 0 Å². The van der Waals surface area contributed by atoms with Gasteiger partial charge in [-0.05, 0) is 24.4 Å². The van der Waals surface area contributed by atoms with E-state index in [4.69, 9.17) is 17.3 Å². The molecule has 0 bridgehead atoms. The summed E-state index contributed by atoms with van der Waals surface area (Å²) in [7, 11) is 0. The van der Waals surface area contributed by atoms with Gasteiger partial charge in [-0.1, -0.05) is 0 Å². The quantitative estimate of drug-likeness (QED) is 0.628. The Labute approximate surface area is 70.2 Å². The van der Waals surface area contributed by atoms with Crippen LogP contribution >= 0.6 is 11.6 Å². The van der Waals surface area contributed by atoms with Crippen LogP contribution in [0.5, 0.6) is 0 Å². The number of hydrogen-bond acceptors (Lipinski definition) is 2. The summed E-state index contributed by atoms with van der Waals surface area (Å²) in [6.07, 6.45) is 3.87.